The first-order chi connectivity index (χ1) is 9.49. The fourth-order valence-corrected chi connectivity index (χ4v) is 2.63. The summed E-state index contributed by atoms with van der Waals surface area (Å²) in [7, 11) is 4.08. The molecule has 1 aromatic rings. The number of rotatable bonds is 4. The first-order valence-electron chi connectivity index (χ1n) is 7.30. The van der Waals surface area contributed by atoms with E-state index < -0.39 is 5.54 Å². The second-order valence-corrected chi connectivity index (χ2v) is 6.11. The predicted octanol–water partition coefficient (Wildman–Crippen LogP) is 3.06. The minimum Gasteiger partial charge on any atom is -0.324 e. The molecule has 6 heteroatoms. The van der Waals surface area contributed by atoms with Crippen LogP contribution in [-0.4, -0.2) is 37.0 Å². The summed E-state index contributed by atoms with van der Waals surface area (Å²) in [6.07, 6.45) is 3.16. The number of amides is 1. The second kappa shape index (κ2) is 9.36. The van der Waals surface area contributed by atoms with Gasteiger partial charge in [0, 0.05) is 12.2 Å². The zero-order chi connectivity index (χ0) is 14.6. The molecule has 4 nitrogen and oxygen atoms in total. The molecule has 0 radical (unpaired) electrons. The number of nitrogens with zero attached hydrogens (tertiary/aromatic N) is 1. The van der Waals surface area contributed by atoms with E-state index in [1.807, 2.05) is 39.2 Å². The molecule has 0 spiro atoms. The second-order valence-electron chi connectivity index (χ2n) is 6.11. The molecule has 2 N–H and O–H groups in total. The van der Waals surface area contributed by atoms with Crippen molar-refractivity contribution < 1.29 is 4.79 Å². The number of nitrogens with one attached hydrogen (secondary N) is 2. The summed E-state index contributed by atoms with van der Waals surface area (Å²) in [6.45, 7) is 3.79. The number of piperidine rings is 1. The van der Waals surface area contributed by atoms with Gasteiger partial charge in [0.1, 0.15) is 0 Å². The normalized spacial score (nSPS) is 20.7. The minimum atomic E-state index is -0.435. The molecule has 0 bridgehead atoms. The van der Waals surface area contributed by atoms with Gasteiger partial charge in [-0.2, -0.15) is 0 Å². The van der Waals surface area contributed by atoms with E-state index in [-0.39, 0.29) is 30.7 Å². The maximum absolute atomic E-state index is 12.4. The average molecular weight is 348 g/mol. The maximum Gasteiger partial charge on any atom is 0.244 e. The van der Waals surface area contributed by atoms with Crippen molar-refractivity contribution >= 4 is 36.4 Å². The Balaban J connectivity index is 0.00000220. The summed E-state index contributed by atoms with van der Waals surface area (Å²) in [5, 5.41) is 6.39. The Morgan fingerprint density at radius 2 is 2.05 bits per heavy atom. The number of halogens is 2. The molecule has 22 heavy (non-hydrogen) atoms. The number of hydrogen-bond donors (Lipinski definition) is 2. The Bertz CT molecular complexity index is 474. The van der Waals surface area contributed by atoms with E-state index in [9.17, 15) is 4.79 Å². The third-order valence-electron chi connectivity index (χ3n) is 3.80. The van der Waals surface area contributed by atoms with Gasteiger partial charge in [-0.25, -0.2) is 0 Å². The highest BCUT2D eigenvalue weighted by Gasteiger charge is 2.34. The largest absolute Gasteiger partial charge is 0.324 e. The molecule has 0 saturated carbocycles. The molecule has 1 aliphatic rings. The summed E-state index contributed by atoms with van der Waals surface area (Å²) in [5.41, 5.74) is 1.65. The van der Waals surface area contributed by atoms with Crippen molar-refractivity contribution in [3.05, 3.63) is 29.8 Å². The maximum atomic E-state index is 12.4. The summed E-state index contributed by atoms with van der Waals surface area (Å²) in [5.74, 6) is 0.0687. The van der Waals surface area contributed by atoms with Gasteiger partial charge in [0.15, 0.2) is 0 Å². The molecular weight excluding hydrogens is 321 g/mol. The lowest BCUT2D eigenvalue weighted by molar-refractivity contribution is -0.122. The number of hydrogen-bond acceptors (Lipinski definition) is 3. The highest BCUT2D eigenvalue weighted by atomic mass is 35.5. The van der Waals surface area contributed by atoms with Crippen LogP contribution in [0.15, 0.2) is 24.3 Å². The summed E-state index contributed by atoms with van der Waals surface area (Å²) in [6, 6.07) is 8.06. The van der Waals surface area contributed by atoms with Crippen molar-refractivity contribution in [2.75, 3.05) is 26.0 Å². The molecule has 1 aliphatic heterocycles. The van der Waals surface area contributed by atoms with Crippen molar-refractivity contribution in [2.45, 2.75) is 38.3 Å². The van der Waals surface area contributed by atoms with E-state index in [0.29, 0.717) is 0 Å². The first kappa shape index (κ1) is 21.2. The molecule has 126 valence electrons. The number of benzene rings is 1. The smallest absolute Gasteiger partial charge is 0.244 e. The Morgan fingerprint density at radius 1 is 1.32 bits per heavy atom. The van der Waals surface area contributed by atoms with Crippen LogP contribution >= 0.6 is 24.8 Å². The SMILES string of the molecule is CN(C)Cc1cccc(NC(=O)C2(C)CCCCN2)c1.Cl.Cl. The number of carbonyl (C=O) groups is 1. The lowest BCUT2D eigenvalue weighted by Gasteiger charge is -2.33. The zero-order valence-corrected chi connectivity index (χ0v) is 15.1. The van der Waals surface area contributed by atoms with Gasteiger partial charge < -0.3 is 15.5 Å². The van der Waals surface area contributed by atoms with Crippen LogP contribution in [0.3, 0.4) is 0 Å². The lowest BCUT2D eigenvalue weighted by atomic mass is 9.90. The molecule has 1 unspecified atom stereocenters. The highest BCUT2D eigenvalue weighted by Crippen LogP contribution is 2.21. The molecule has 1 heterocycles. The average Bonchev–Trinajstić information content (AvgIpc) is 2.39. The van der Waals surface area contributed by atoms with E-state index in [0.717, 1.165) is 38.0 Å². The van der Waals surface area contributed by atoms with Crippen LogP contribution in [0.5, 0.6) is 0 Å². The highest BCUT2D eigenvalue weighted by molar-refractivity contribution is 5.97. The van der Waals surface area contributed by atoms with Crippen molar-refractivity contribution in [3.63, 3.8) is 0 Å². The van der Waals surface area contributed by atoms with Crippen LogP contribution in [0, 0.1) is 0 Å². The van der Waals surface area contributed by atoms with Gasteiger partial charge in [-0.15, -0.1) is 24.8 Å². The molecule has 1 saturated heterocycles. The van der Waals surface area contributed by atoms with Crippen LogP contribution in [0.2, 0.25) is 0 Å². The van der Waals surface area contributed by atoms with E-state index in [1.165, 1.54) is 5.56 Å². The molecule has 0 aliphatic carbocycles. The fourth-order valence-electron chi connectivity index (χ4n) is 2.63. The number of anilines is 1. The van der Waals surface area contributed by atoms with Gasteiger partial charge >= 0.3 is 0 Å². The third-order valence-corrected chi connectivity index (χ3v) is 3.80. The van der Waals surface area contributed by atoms with Crippen molar-refractivity contribution in [1.29, 1.82) is 0 Å². The van der Waals surface area contributed by atoms with E-state index in [4.69, 9.17) is 0 Å². The monoisotopic (exact) mass is 347 g/mol. The van der Waals surface area contributed by atoms with Gasteiger partial charge in [-0.1, -0.05) is 12.1 Å². The van der Waals surface area contributed by atoms with Crippen molar-refractivity contribution in [1.82, 2.24) is 10.2 Å². The third kappa shape index (κ3) is 5.76. The topological polar surface area (TPSA) is 44.4 Å². The Labute approximate surface area is 145 Å². The Kier molecular flexibility index (Phi) is 9.01. The molecule has 1 atom stereocenters. The van der Waals surface area contributed by atoms with Gasteiger partial charge in [-0.3, -0.25) is 4.79 Å². The molecule has 1 aromatic carbocycles. The molecule has 0 aromatic heterocycles. The summed E-state index contributed by atoms with van der Waals surface area (Å²) < 4.78 is 0. The van der Waals surface area contributed by atoms with Crippen molar-refractivity contribution in [3.8, 4) is 0 Å². The molecule has 1 amide bonds. The zero-order valence-electron chi connectivity index (χ0n) is 13.5. The Hall–Kier alpha value is -0.810. The van der Waals surface area contributed by atoms with Crippen LogP contribution in [0.1, 0.15) is 31.7 Å². The number of carbonyl (C=O) groups excluding carboxylic acids is 1. The standard InChI is InChI=1S/C16H25N3O.2ClH/c1-16(9-4-5-10-17-16)15(20)18-14-8-6-7-13(11-14)12-19(2)3;;/h6-8,11,17H,4-5,9-10,12H2,1-3H3,(H,18,20);2*1H. The lowest BCUT2D eigenvalue weighted by Crippen LogP contribution is -2.54. The Morgan fingerprint density at radius 3 is 2.64 bits per heavy atom. The quantitative estimate of drug-likeness (QED) is 0.879. The first-order valence-corrected chi connectivity index (χ1v) is 7.30. The van der Waals surface area contributed by atoms with E-state index in [2.05, 4.69) is 21.6 Å². The van der Waals surface area contributed by atoms with Crippen LogP contribution < -0.4 is 10.6 Å². The molecular formula is C16H27Cl2N3O. The van der Waals surface area contributed by atoms with Crippen LogP contribution in [-0.2, 0) is 11.3 Å². The fraction of sp³-hybridized carbons (Fsp3) is 0.562. The van der Waals surface area contributed by atoms with E-state index >= 15 is 0 Å². The van der Waals surface area contributed by atoms with E-state index in [1.54, 1.807) is 0 Å². The van der Waals surface area contributed by atoms with Gasteiger partial charge in [0.25, 0.3) is 0 Å². The van der Waals surface area contributed by atoms with Gasteiger partial charge in [0.2, 0.25) is 5.91 Å². The van der Waals surface area contributed by atoms with Gasteiger partial charge in [0.05, 0.1) is 5.54 Å². The van der Waals surface area contributed by atoms with Crippen LogP contribution in [0.25, 0.3) is 0 Å². The summed E-state index contributed by atoms with van der Waals surface area (Å²) in [4.78, 5) is 14.6. The minimum absolute atomic E-state index is 0. The molecule has 2 rings (SSSR count). The van der Waals surface area contributed by atoms with Crippen molar-refractivity contribution in [2.24, 2.45) is 0 Å². The molecule has 1 fully saturated rings. The summed E-state index contributed by atoms with van der Waals surface area (Å²) >= 11 is 0. The van der Waals surface area contributed by atoms with Crippen LogP contribution in [0.4, 0.5) is 5.69 Å². The van der Waals surface area contributed by atoms with Gasteiger partial charge in [-0.05, 0) is 64.5 Å². The predicted molar refractivity (Wildman–Crippen MR) is 97.2 cm³/mol.